The molecular weight excluding hydrogens is 556 g/mol. The number of Topliss-reactive ketones (excluding diaryl/α,β-unsaturated/α-hetero) is 1. The monoisotopic (exact) mass is 592 g/mol. The van der Waals surface area contributed by atoms with E-state index >= 15 is 0 Å². The summed E-state index contributed by atoms with van der Waals surface area (Å²) < 4.78 is 5.71. The molecule has 2 N–H and O–H groups in total. The fourth-order valence-corrected chi connectivity index (χ4v) is 5.43. The SMILES string of the molecule is CC(=O)CCCCCC(NC(=O)OCC1c2ccccc2-c2ccccc21)C(=O)NCc1ccc(-c2nnc(C)nn2)cc1. The van der Waals surface area contributed by atoms with Crippen LogP contribution in [0.1, 0.15) is 67.5 Å². The third kappa shape index (κ3) is 7.69. The second kappa shape index (κ2) is 14.5. The average molecular weight is 593 g/mol. The number of fused-ring (bicyclic) bond motifs is 3. The minimum absolute atomic E-state index is 0.0770. The van der Waals surface area contributed by atoms with Crippen molar-refractivity contribution in [3.63, 3.8) is 0 Å². The smallest absolute Gasteiger partial charge is 0.407 e. The minimum atomic E-state index is -0.777. The molecule has 3 aromatic carbocycles. The molecule has 2 amide bonds. The first kappa shape index (κ1) is 30.5. The molecule has 5 rings (SSSR count). The lowest BCUT2D eigenvalue weighted by molar-refractivity contribution is -0.123. The number of ketones is 1. The van der Waals surface area contributed by atoms with Gasteiger partial charge < -0.3 is 20.2 Å². The summed E-state index contributed by atoms with van der Waals surface area (Å²) >= 11 is 0. The predicted molar refractivity (Wildman–Crippen MR) is 165 cm³/mol. The third-order valence-electron chi connectivity index (χ3n) is 7.73. The van der Waals surface area contributed by atoms with E-state index < -0.39 is 12.1 Å². The second-order valence-corrected chi connectivity index (χ2v) is 11.0. The highest BCUT2D eigenvalue weighted by Gasteiger charge is 2.29. The van der Waals surface area contributed by atoms with Gasteiger partial charge in [-0.15, -0.1) is 20.4 Å². The van der Waals surface area contributed by atoms with Gasteiger partial charge in [-0.2, -0.15) is 0 Å². The van der Waals surface area contributed by atoms with E-state index in [1.54, 1.807) is 13.8 Å². The lowest BCUT2D eigenvalue weighted by Gasteiger charge is -2.20. The molecule has 1 heterocycles. The zero-order chi connectivity index (χ0) is 30.9. The van der Waals surface area contributed by atoms with Crippen LogP contribution in [0.3, 0.4) is 0 Å². The number of hydrogen-bond acceptors (Lipinski definition) is 8. The van der Waals surface area contributed by atoms with Gasteiger partial charge >= 0.3 is 6.09 Å². The van der Waals surface area contributed by atoms with Crippen LogP contribution < -0.4 is 10.6 Å². The zero-order valence-corrected chi connectivity index (χ0v) is 25.0. The summed E-state index contributed by atoms with van der Waals surface area (Å²) in [6.07, 6.45) is 2.51. The number of nitrogens with zero attached hydrogens (tertiary/aromatic N) is 4. The molecule has 0 saturated heterocycles. The summed E-state index contributed by atoms with van der Waals surface area (Å²) in [4.78, 5) is 37.6. The molecule has 4 aromatic rings. The first-order valence-electron chi connectivity index (χ1n) is 14.9. The molecule has 226 valence electrons. The number of aryl methyl sites for hydroxylation is 1. The van der Waals surface area contributed by atoms with Crippen molar-refractivity contribution in [3.8, 4) is 22.5 Å². The number of hydrogen-bond donors (Lipinski definition) is 2. The largest absolute Gasteiger partial charge is 0.449 e. The van der Waals surface area contributed by atoms with E-state index in [4.69, 9.17) is 4.74 Å². The highest BCUT2D eigenvalue weighted by molar-refractivity contribution is 5.85. The minimum Gasteiger partial charge on any atom is -0.449 e. The van der Waals surface area contributed by atoms with Gasteiger partial charge in [0.15, 0.2) is 5.82 Å². The van der Waals surface area contributed by atoms with Gasteiger partial charge in [0.2, 0.25) is 11.7 Å². The first-order valence-corrected chi connectivity index (χ1v) is 14.9. The van der Waals surface area contributed by atoms with Gasteiger partial charge in [-0.25, -0.2) is 4.79 Å². The van der Waals surface area contributed by atoms with Gasteiger partial charge in [0, 0.05) is 24.4 Å². The Labute approximate surface area is 256 Å². The maximum atomic E-state index is 13.3. The first-order chi connectivity index (χ1) is 21.4. The molecule has 44 heavy (non-hydrogen) atoms. The van der Waals surface area contributed by atoms with Crippen molar-refractivity contribution in [2.24, 2.45) is 0 Å². The molecule has 0 radical (unpaired) electrons. The quantitative estimate of drug-likeness (QED) is 0.200. The Bertz CT molecular complexity index is 1560. The number of ether oxygens (including phenoxy) is 1. The number of rotatable bonds is 13. The number of amides is 2. The van der Waals surface area contributed by atoms with E-state index in [-0.39, 0.29) is 30.8 Å². The van der Waals surface area contributed by atoms with Gasteiger partial charge in [0.1, 0.15) is 18.4 Å². The Hall–Kier alpha value is -4.99. The molecule has 0 fully saturated rings. The normalized spacial score (nSPS) is 12.6. The summed E-state index contributed by atoms with van der Waals surface area (Å²) in [5, 5.41) is 21.7. The number of benzene rings is 3. The van der Waals surface area contributed by atoms with Gasteiger partial charge in [-0.1, -0.05) is 85.6 Å². The zero-order valence-electron chi connectivity index (χ0n) is 25.0. The van der Waals surface area contributed by atoms with Crippen LogP contribution in [0.25, 0.3) is 22.5 Å². The van der Waals surface area contributed by atoms with Crippen molar-refractivity contribution in [1.82, 2.24) is 31.0 Å². The molecule has 0 saturated carbocycles. The van der Waals surface area contributed by atoms with Crippen LogP contribution in [0.4, 0.5) is 4.79 Å². The van der Waals surface area contributed by atoms with Crippen molar-refractivity contribution >= 4 is 17.8 Å². The lowest BCUT2D eigenvalue weighted by atomic mass is 9.98. The number of carbonyl (C=O) groups is 3. The highest BCUT2D eigenvalue weighted by atomic mass is 16.5. The predicted octanol–water partition coefficient (Wildman–Crippen LogP) is 5.31. The van der Waals surface area contributed by atoms with Crippen LogP contribution >= 0.6 is 0 Å². The summed E-state index contributed by atoms with van der Waals surface area (Å²) in [7, 11) is 0. The molecule has 0 spiro atoms. The average Bonchev–Trinajstić information content (AvgIpc) is 3.36. The van der Waals surface area contributed by atoms with E-state index in [1.165, 1.54) is 0 Å². The van der Waals surface area contributed by atoms with Crippen LogP contribution in [0, 0.1) is 6.92 Å². The number of alkyl carbamates (subject to hydrolysis) is 1. The molecule has 1 unspecified atom stereocenters. The van der Waals surface area contributed by atoms with E-state index in [0.717, 1.165) is 46.2 Å². The van der Waals surface area contributed by atoms with Crippen LogP contribution in [0.15, 0.2) is 72.8 Å². The Kier molecular flexibility index (Phi) is 10.0. The van der Waals surface area contributed by atoms with E-state index in [2.05, 4.69) is 55.3 Å². The number of unbranched alkanes of at least 4 members (excludes halogenated alkanes) is 2. The fourth-order valence-electron chi connectivity index (χ4n) is 5.43. The molecule has 1 aliphatic rings. The number of aromatic nitrogens is 4. The van der Waals surface area contributed by atoms with Crippen LogP contribution in [0.5, 0.6) is 0 Å². The van der Waals surface area contributed by atoms with Gasteiger partial charge in [0.25, 0.3) is 0 Å². The molecule has 0 aliphatic heterocycles. The van der Waals surface area contributed by atoms with Crippen molar-refractivity contribution in [1.29, 1.82) is 0 Å². The Morgan fingerprint density at radius 1 is 0.818 bits per heavy atom. The molecule has 1 aliphatic carbocycles. The maximum Gasteiger partial charge on any atom is 0.407 e. The Morgan fingerprint density at radius 2 is 1.45 bits per heavy atom. The van der Waals surface area contributed by atoms with E-state index in [1.807, 2.05) is 48.5 Å². The summed E-state index contributed by atoms with van der Waals surface area (Å²) in [6, 6.07) is 22.9. The lowest BCUT2D eigenvalue weighted by Crippen LogP contribution is -2.46. The van der Waals surface area contributed by atoms with E-state index in [9.17, 15) is 14.4 Å². The molecule has 10 nitrogen and oxygen atoms in total. The van der Waals surface area contributed by atoms with Crippen molar-refractivity contribution in [2.75, 3.05) is 6.61 Å². The van der Waals surface area contributed by atoms with Crippen LogP contribution in [-0.4, -0.2) is 50.8 Å². The summed E-state index contributed by atoms with van der Waals surface area (Å²) in [5.74, 6) is 0.677. The van der Waals surface area contributed by atoms with Gasteiger partial charge in [0.05, 0.1) is 0 Å². The Balaban J connectivity index is 1.19. The third-order valence-corrected chi connectivity index (χ3v) is 7.73. The molecular formula is C34H36N6O4. The Morgan fingerprint density at radius 3 is 2.09 bits per heavy atom. The van der Waals surface area contributed by atoms with Crippen LogP contribution in [-0.2, 0) is 20.9 Å². The standard InChI is InChI=1S/C34H36N6O4/c1-22(41)10-4-3-5-15-31(33(42)35-20-24-16-18-25(19-17-24)32-39-37-23(2)38-40-32)36-34(43)44-21-30-28-13-8-6-11-26(28)27-12-7-9-14-29(27)30/h6-9,11-14,16-19,30-31H,3-5,10,15,20-21H2,1-2H3,(H,35,42)(H,36,43). The molecule has 1 atom stereocenters. The van der Waals surface area contributed by atoms with Crippen molar-refractivity contribution in [2.45, 2.75) is 64.5 Å². The second-order valence-electron chi connectivity index (χ2n) is 11.0. The number of nitrogens with one attached hydrogen (secondary N) is 2. The topological polar surface area (TPSA) is 136 Å². The fraction of sp³-hybridized carbons (Fsp3) is 0.324. The molecule has 0 bridgehead atoms. The molecule has 10 heteroatoms. The number of carbonyl (C=O) groups excluding carboxylic acids is 3. The van der Waals surface area contributed by atoms with Gasteiger partial charge in [-0.05, 0) is 54.5 Å². The maximum absolute atomic E-state index is 13.3. The van der Waals surface area contributed by atoms with Crippen molar-refractivity contribution in [3.05, 3.63) is 95.3 Å². The summed E-state index contributed by atoms with van der Waals surface area (Å²) in [6.45, 7) is 3.73. The van der Waals surface area contributed by atoms with E-state index in [0.29, 0.717) is 30.9 Å². The van der Waals surface area contributed by atoms with Gasteiger partial charge in [-0.3, -0.25) is 4.79 Å². The van der Waals surface area contributed by atoms with Crippen molar-refractivity contribution < 1.29 is 19.1 Å². The van der Waals surface area contributed by atoms with Crippen LogP contribution in [0.2, 0.25) is 0 Å². The molecule has 1 aromatic heterocycles. The highest BCUT2D eigenvalue weighted by Crippen LogP contribution is 2.44. The summed E-state index contributed by atoms with van der Waals surface area (Å²) in [5.41, 5.74) is 6.17.